The number of aromatic nitrogens is 2. The lowest BCUT2D eigenvalue weighted by molar-refractivity contribution is -0.132. The van der Waals surface area contributed by atoms with E-state index < -0.39 is 0 Å². The maximum atomic E-state index is 14.4. The molecule has 0 bridgehead atoms. The Kier molecular flexibility index (Phi) is 6.02. The van der Waals surface area contributed by atoms with Gasteiger partial charge < -0.3 is 9.80 Å². The largest absolute Gasteiger partial charge is 0.353 e. The molecular formula is C24H31FN4O. The highest BCUT2D eigenvalue weighted by molar-refractivity contribution is 5.81. The van der Waals surface area contributed by atoms with Crippen LogP contribution in [0.5, 0.6) is 0 Å². The molecule has 2 aromatic rings. The van der Waals surface area contributed by atoms with Crippen molar-refractivity contribution in [1.29, 1.82) is 0 Å². The number of benzene rings is 1. The van der Waals surface area contributed by atoms with Crippen LogP contribution in [0.25, 0.3) is 0 Å². The molecule has 1 saturated heterocycles. The Labute approximate surface area is 178 Å². The van der Waals surface area contributed by atoms with Crippen LogP contribution in [0.3, 0.4) is 0 Å². The van der Waals surface area contributed by atoms with Crippen molar-refractivity contribution in [3.63, 3.8) is 0 Å². The summed E-state index contributed by atoms with van der Waals surface area (Å²) in [5.41, 5.74) is 2.55. The van der Waals surface area contributed by atoms with Crippen LogP contribution in [0.1, 0.15) is 61.7 Å². The zero-order valence-corrected chi connectivity index (χ0v) is 18.2. The minimum absolute atomic E-state index is 0.200. The molecule has 2 heterocycles. The monoisotopic (exact) mass is 410 g/mol. The number of rotatable bonds is 6. The number of piperazine rings is 1. The van der Waals surface area contributed by atoms with Gasteiger partial charge in [0.1, 0.15) is 17.5 Å². The molecule has 1 amide bonds. The molecule has 30 heavy (non-hydrogen) atoms. The fourth-order valence-electron chi connectivity index (χ4n) is 4.03. The van der Waals surface area contributed by atoms with Crippen molar-refractivity contribution in [2.45, 2.75) is 52.4 Å². The number of hydrogen-bond donors (Lipinski definition) is 0. The molecule has 0 radical (unpaired) electrons. The second kappa shape index (κ2) is 8.70. The van der Waals surface area contributed by atoms with Gasteiger partial charge in [-0.15, -0.1) is 0 Å². The smallest absolute Gasteiger partial charge is 0.225 e. The van der Waals surface area contributed by atoms with E-state index in [2.05, 4.69) is 18.7 Å². The van der Waals surface area contributed by atoms with Crippen molar-refractivity contribution in [3.05, 3.63) is 52.7 Å². The predicted molar refractivity (Wildman–Crippen MR) is 116 cm³/mol. The SMILES string of the molecule is CCC(C)c1nc(C)c(Cc2ccccc2F)c(N2CCN(C(=O)C3CC3)CC2)n1. The minimum atomic E-state index is -0.200. The van der Waals surface area contributed by atoms with E-state index >= 15 is 0 Å². The normalized spacial score (nSPS) is 17.9. The third kappa shape index (κ3) is 4.32. The van der Waals surface area contributed by atoms with Crippen molar-refractivity contribution in [3.8, 4) is 0 Å². The molecule has 1 unspecified atom stereocenters. The fourth-order valence-corrected chi connectivity index (χ4v) is 4.03. The highest BCUT2D eigenvalue weighted by atomic mass is 19.1. The maximum absolute atomic E-state index is 14.4. The van der Waals surface area contributed by atoms with Crippen LogP contribution in [0.2, 0.25) is 0 Å². The van der Waals surface area contributed by atoms with Crippen LogP contribution in [0.15, 0.2) is 24.3 Å². The number of aryl methyl sites for hydroxylation is 1. The summed E-state index contributed by atoms with van der Waals surface area (Å²) < 4.78 is 14.4. The zero-order valence-electron chi connectivity index (χ0n) is 18.2. The third-order valence-corrected chi connectivity index (χ3v) is 6.41. The summed E-state index contributed by atoms with van der Waals surface area (Å²) >= 11 is 0. The molecule has 4 rings (SSSR count). The summed E-state index contributed by atoms with van der Waals surface area (Å²) in [6, 6.07) is 6.91. The maximum Gasteiger partial charge on any atom is 0.225 e. The highest BCUT2D eigenvalue weighted by Gasteiger charge is 2.35. The number of nitrogens with zero attached hydrogens (tertiary/aromatic N) is 4. The van der Waals surface area contributed by atoms with Crippen molar-refractivity contribution in [2.75, 3.05) is 31.1 Å². The van der Waals surface area contributed by atoms with Gasteiger partial charge in [0.2, 0.25) is 5.91 Å². The number of carbonyl (C=O) groups is 1. The van der Waals surface area contributed by atoms with Crippen LogP contribution >= 0.6 is 0 Å². The second-order valence-electron chi connectivity index (χ2n) is 8.63. The van der Waals surface area contributed by atoms with Gasteiger partial charge in [0, 0.05) is 55.7 Å². The van der Waals surface area contributed by atoms with E-state index in [4.69, 9.17) is 9.97 Å². The molecule has 2 fully saturated rings. The molecule has 1 aliphatic heterocycles. The van der Waals surface area contributed by atoms with E-state index in [1.165, 1.54) is 6.07 Å². The average molecular weight is 411 g/mol. The van der Waals surface area contributed by atoms with Gasteiger partial charge in [-0.05, 0) is 37.8 Å². The van der Waals surface area contributed by atoms with Crippen molar-refractivity contribution in [1.82, 2.24) is 14.9 Å². The van der Waals surface area contributed by atoms with Crippen LogP contribution in [-0.2, 0) is 11.2 Å². The number of hydrogen-bond acceptors (Lipinski definition) is 4. The second-order valence-corrected chi connectivity index (χ2v) is 8.63. The number of anilines is 1. The Morgan fingerprint density at radius 3 is 2.50 bits per heavy atom. The first kappa shape index (κ1) is 20.8. The molecular weight excluding hydrogens is 379 g/mol. The van der Waals surface area contributed by atoms with E-state index in [1.807, 2.05) is 24.0 Å². The molecule has 1 atom stereocenters. The zero-order chi connectivity index (χ0) is 21.3. The topological polar surface area (TPSA) is 49.3 Å². The number of halogens is 1. The third-order valence-electron chi connectivity index (χ3n) is 6.41. The van der Waals surface area contributed by atoms with E-state index in [1.54, 1.807) is 6.07 Å². The van der Waals surface area contributed by atoms with Gasteiger partial charge in [-0.25, -0.2) is 14.4 Å². The molecule has 6 heteroatoms. The summed E-state index contributed by atoms with van der Waals surface area (Å²) in [5, 5.41) is 0. The molecule has 2 aliphatic rings. The first-order valence-electron chi connectivity index (χ1n) is 11.1. The van der Waals surface area contributed by atoms with Crippen LogP contribution in [0, 0.1) is 18.7 Å². The molecule has 1 saturated carbocycles. The minimum Gasteiger partial charge on any atom is -0.353 e. The summed E-state index contributed by atoms with van der Waals surface area (Å²) in [6.07, 6.45) is 3.51. The summed E-state index contributed by atoms with van der Waals surface area (Å²) in [7, 11) is 0. The average Bonchev–Trinajstić information content (AvgIpc) is 3.61. The first-order chi connectivity index (χ1) is 14.5. The molecule has 160 valence electrons. The molecule has 0 N–H and O–H groups in total. The van der Waals surface area contributed by atoms with Gasteiger partial charge in [-0.1, -0.05) is 32.0 Å². The Balaban J connectivity index is 1.63. The van der Waals surface area contributed by atoms with Gasteiger partial charge in [0.15, 0.2) is 0 Å². The lowest BCUT2D eigenvalue weighted by atomic mass is 10.0. The van der Waals surface area contributed by atoms with Gasteiger partial charge in [0.05, 0.1) is 0 Å². The van der Waals surface area contributed by atoms with Crippen molar-refractivity contribution >= 4 is 11.7 Å². The summed E-state index contributed by atoms with van der Waals surface area (Å²) in [6.45, 7) is 9.21. The Morgan fingerprint density at radius 1 is 1.17 bits per heavy atom. The quantitative estimate of drug-likeness (QED) is 0.720. The lowest BCUT2D eigenvalue weighted by Gasteiger charge is -2.37. The van der Waals surface area contributed by atoms with Gasteiger partial charge in [-0.2, -0.15) is 0 Å². The van der Waals surface area contributed by atoms with Crippen molar-refractivity contribution < 1.29 is 9.18 Å². The van der Waals surface area contributed by atoms with E-state index in [0.717, 1.165) is 68.3 Å². The van der Waals surface area contributed by atoms with Crippen LogP contribution < -0.4 is 4.90 Å². The van der Waals surface area contributed by atoms with Gasteiger partial charge in [-0.3, -0.25) is 4.79 Å². The molecule has 1 aromatic carbocycles. The molecule has 1 aliphatic carbocycles. The fraction of sp³-hybridized carbons (Fsp3) is 0.542. The first-order valence-corrected chi connectivity index (χ1v) is 11.1. The number of carbonyl (C=O) groups excluding carboxylic acids is 1. The van der Waals surface area contributed by atoms with E-state index in [-0.39, 0.29) is 17.7 Å². The predicted octanol–water partition coefficient (Wildman–Crippen LogP) is 4.09. The summed E-state index contributed by atoms with van der Waals surface area (Å²) in [4.78, 5) is 26.4. The Hall–Kier alpha value is -2.50. The van der Waals surface area contributed by atoms with Gasteiger partial charge >= 0.3 is 0 Å². The van der Waals surface area contributed by atoms with E-state index in [9.17, 15) is 9.18 Å². The lowest BCUT2D eigenvalue weighted by Crippen LogP contribution is -2.49. The Bertz CT molecular complexity index is 919. The molecule has 1 aromatic heterocycles. The van der Waals surface area contributed by atoms with Crippen molar-refractivity contribution in [2.24, 2.45) is 5.92 Å². The standard InChI is InChI=1S/C24H31FN4O/c1-4-16(2)22-26-17(3)20(15-19-7-5-6-8-21(19)25)23(27-22)28-11-13-29(14-12-28)24(30)18-9-10-18/h5-8,16,18H,4,9-15H2,1-3H3. The Morgan fingerprint density at radius 2 is 1.87 bits per heavy atom. The van der Waals surface area contributed by atoms with Gasteiger partial charge in [0.25, 0.3) is 0 Å². The molecule has 0 spiro atoms. The van der Waals surface area contributed by atoms with E-state index in [0.29, 0.717) is 17.9 Å². The van der Waals surface area contributed by atoms with Crippen LogP contribution in [0.4, 0.5) is 10.2 Å². The highest BCUT2D eigenvalue weighted by Crippen LogP contribution is 2.32. The van der Waals surface area contributed by atoms with Crippen LogP contribution in [-0.4, -0.2) is 47.0 Å². The summed E-state index contributed by atoms with van der Waals surface area (Å²) in [5.74, 6) is 2.38. The molecule has 5 nitrogen and oxygen atoms in total. The number of amides is 1.